The Hall–Kier alpha value is -1.66. The van der Waals surface area contributed by atoms with Gasteiger partial charge in [-0.3, -0.25) is 4.79 Å². The smallest absolute Gasteiger partial charge is 0.306 e. The van der Waals surface area contributed by atoms with Crippen molar-refractivity contribution in [1.29, 1.82) is 0 Å². The lowest BCUT2D eigenvalue weighted by Crippen LogP contribution is -2.34. The Morgan fingerprint density at radius 3 is 2.71 bits per heavy atom. The molecule has 0 aliphatic carbocycles. The van der Waals surface area contributed by atoms with Crippen molar-refractivity contribution in [3.8, 4) is 5.75 Å². The van der Waals surface area contributed by atoms with Crippen LogP contribution in [-0.4, -0.2) is 32.2 Å². The zero-order valence-corrected chi connectivity index (χ0v) is 12.6. The van der Waals surface area contributed by atoms with E-state index in [1.165, 1.54) is 6.07 Å². The van der Waals surface area contributed by atoms with Gasteiger partial charge in [0.05, 0.1) is 12.4 Å². The first-order valence-corrected chi connectivity index (χ1v) is 8.53. The lowest BCUT2D eigenvalue weighted by atomic mass is 9.87. The van der Waals surface area contributed by atoms with Crippen LogP contribution < -0.4 is 4.18 Å². The number of aryl methyl sites for hydroxylation is 1. The van der Waals surface area contributed by atoms with E-state index in [-0.39, 0.29) is 17.6 Å². The predicted molar refractivity (Wildman–Crippen MR) is 77.0 cm³/mol. The molecule has 0 spiro atoms. The topological polar surface area (TPSA) is 69.7 Å². The Morgan fingerprint density at radius 1 is 1.43 bits per heavy atom. The van der Waals surface area contributed by atoms with Crippen LogP contribution in [0, 0.1) is 6.92 Å². The van der Waals surface area contributed by atoms with Crippen LogP contribution in [0.5, 0.6) is 5.75 Å². The Bertz CT molecular complexity index is 734. The number of carbonyl (C=O) groups is 1. The van der Waals surface area contributed by atoms with Crippen molar-refractivity contribution in [2.24, 2.45) is 0 Å². The second-order valence-corrected chi connectivity index (χ2v) is 7.12. The molecular formula is C15H16O5S. The van der Waals surface area contributed by atoms with Crippen LogP contribution >= 0.6 is 0 Å². The van der Waals surface area contributed by atoms with E-state index in [4.69, 9.17) is 8.92 Å². The van der Waals surface area contributed by atoms with Crippen molar-refractivity contribution in [3.05, 3.63) is 41.5 Å². The summed E-state index contributed by atoms with van der Waals surface area (Å²) >= 11 is 0. The fourth-order valence-electron chi connectivity index (χ4n) is 2.75. The number of ketones is 1. The minimum absolute atomic E-state index is 0.0196. The molecule has 1 aromatic rings. The maximum atomic E-state index is 12.7. The third kappa shape index (κ3) is 2.61. The Labute approximate surface area is 123 Å². The molecule has 21 heavy (non-hydrogen) atoms. The molecule has 2 aliphatic rings. The van der Waals surface area contributed by atoms with E-state index in [1.807, 2.05) is 6.08 Å². The maximum absolute atomic E-state index is 12.7. The third-order valence-electron chi connectivity index (χ3n) is 3.82. The van der Waals surface area contributed by atoms with Crippen molar-refractivity contribution in [1.82, 2.24) is 0 Å². The van der Waals surface area contributed by atoms with Gasteiger partial charge in [0.15, 0.2) is 5.78 Å². The van der Waals surface area contributed by atoms with Gasteiger partial charge in [-0.05, 0) is 37.5 Å². The maximum Gasteiger partial charge on any atom is 0.306 e. The summed E-state index contributed by atoms with van der Waals surface area (Å²) in [4.78, 5) is 12.7. The number of benzene rings is 1. The highest BCUT2D eigenvalue weighted by Crippen LogP contribution is 2.40. The number of hydrogen-bond donors (Lipinski definition) is 0. The van der Waals surface area contributed by atoms with Crippen LogP contribution in [-0.2, 0) is 14.9 Å². The Kier molecular flexibility index (Phi) is 3.18. The summed E-state index contributed by atoms with van der Waals surface area (Å²) in [5.41, 5.74) is 0.163. The molecule has 1 fully saturated rings. The molecule has 2 unspecified atom stereocenters. The van der Waals surface area contributed by atoms with Gasteiger partial charge in [0, 0.05) is 5.56 Å². The fraction of sp³-hybridized carbons (Fsp3) is 0.400. The third-order valence-corrected chi connectivity index (χ3v) is 4.30. The molecule has 2 bridgehead atoms. The second-order valence-electron chi connectivity index (χ2n) is 5.54. The minimum Gasteiger partial charge on any atom is -0.382 e. The number of carbonyl (C=O) groups excluding carboxylic acids is 1. The number of Topliss-reactive ketones (excluding diaryl/α,β-unsaturated/α-hetero) is 1. The molecule has 0 amide bonds. The number of fused-ring (bicyclic) bond motifs is 2. The predicted octanol–water partition coefficient (Wildman–Crippen LogP) is 2.00. The first-order valence-electron chi connectivity index (χ1n) is 6.71. The molecule has 1 saturated heterocycles. The summed E-state index contributed by atoms with van der Waals surface area (Å²) in [5, 5.41) is 0. The van der Waals surface area contributed by atoms with E-state index >= 15 is 0 Å². The highest BCUT2D eigenvalue weighted by Gasteiger charge is 2.48. The van der Waals surface area contributed by atoms with Gasteiger partial charge in [-0.2, -0.15) is 8.42 Å². The van der Waals surface area contributed by atoms with Gasteiger partial charge in [0.2, 0.25) is 0 Å². The first-order chi connectivity index (χ1) is 9.79. The van der Waals surface area contributed by atoms with E-state index in [2.05, 4.69) is 0 Å². The van der Waals surface area contributed by atoms with E-state index < -0.39 is 15.7 Å². The van der Waals surface area contributed by atoms with Gasteiger partial charge in [-0.1, -0.05) is 18.2 Å². The average Bonchev–Trinajstić information content (AvgIpc) is 3.00. The quantitative estimate of drug-likeness (QED) is 0.483. The summed E-state index contributed by atoms with van der Waals surface area (Å²) in [5.74, 6) is 0.0216. The molecular weight excluding hydrogens is 292 g/mol. The molecule has 1 aromatic carbocycles. The van der Waals surface area contributed by atoms with Gasteiger partial charge in [-0.15, -0.1) is 0 Å². The minimum atomic E-state index is -3.63. The van der Waals surface area contributed by atoms with Gasteiger partial charge in [-0.25, -0.2) is 0 Å². The van der Waals surface area contributed by atoms with Gasteiger partial charge in [0.25, 0.3) is 0 Å². The van der Waals surface area contributed by atoms with Crippen LogP contribution in [0.25, 0.3) is 0 Å². The van der Waals surface area contributed by atoms with Crippen LogP contribution in [0.1, 0.15) is 28.8 Å². The Balaban J connectivity index is 1.94. The lowest BCUT2D eigenvalue weighted by molar-refractivity contribution is 0.0286. The molecule has 0 saturated carbocycles. The van der Waals surface area contributed by atoms with Crippen LogP contribution in [0.3, 0.4) is 0 Å². The highest BCUT2D eigenvalue weighted by molar-refractivity contribution is 7.86. The molecule has 0 radical (unpaired) electrons. The monoisotopic (exact) mass is 308 g/mol. The van der Waals surface area contributed by atoms with E-state index in [9.17, 15) is 13.2 Å². The van der Waals surface area contributed by atoms with Crippen molar-refractivity contribution in [3.63, 3.8) is 0 Å². The zero-order valence-electron chi connectivity index (χ0n) is 11.8. The number of ether oxygens (including phenoxy) is 1. The number of rotatable bonds is 4. The van der Waals surface area contributed by atoms with E-state index in [1.54, 1.807) is 25.1 Å². The summed E-state index contributed by atoms with van der Waals surface area (Å²) in [6.45, 7) is 1.73. The summed E-state index contributed by atoms with van der Waals surface area (Å²) in [6.07, 6.45) is 6.20. The van der Waals surface area contributed by atoms with Crippen molar-refractivity contribution in [2.45, 2.75) is 31.5 Å². The van der Waals surface area contributed by atoms with Crippen LogP contribution in [0.2, 0.25) is 0 Å². The molecule has 0 aromatic heterocycles. The van der Waals surface area contributed by atoms with Crippen molar-refractivity contribution in [2.75, 3.05) is 6.26 Å². The van der Waals surface area contributed by atoms with Gasteiger partial charge in [0.1, 0.15) is 11.4 Å². The second kappa shape index (κ2) is 4.68. The summed E-state index contributed by atoms with van der Waals surface area (Å²) in [6, 6.07) is 4.82. The molecule has 112 valence electrons. The molecule has 2 aliphatic heterocycles. The number of hydrogen-bond acceptors (Lipinski definition) is 5. The largest absolute Gasteiger partial charge is 0.382 e. The molecule has 0 N–H and O–H groups in total. The van der Waals surface area contributed by atoms with E-state index in [0.717, 1.165) is 12.7 Å². The van der Waals surface area contributed by atoms with Crippen molar-refractivity contribution < 1.29 is 22.1 Å². The molecule has 2 atom stereocenters. The SMILES string of the molecule is Cc1ccc(C(=O)C23C=CC(CC2)O3)cc1OS(C)(=O)=O. The van der Waals surface area contributed by atoms with Gasteiger partial charge < -0.3 is 8.92 Å². The zero-order chi connectivity index (χ0) is 15.3. The first kappa shape index (κ1) is 14.3. The van der Waals surface area contributed by atoms with E-state index in [0.29, 0.717) is 17.5 Å². The lowest BCUT2D eigenvalue weighted by Gasteiger charge is -2.21. The van der Waals surface area contributed by atoms with Crippen LogP contribution in [0.15, 0.2) is 30.4 Å². The molecule has 6 heteroatoms. The van der Waals surface area contributed by atoms with Crippen LogP contribution in [0.4, 0.5) is 0 Å². The average molecular weight is 308 g/mol. The molecule has 3 rings (SSSR count). The Morgan fingerprint density at radius 2 is 2.19 bits per heavy atom. The van der Waals surface area contributed by atoms with Gasteiger partial charge >= 0.3 is 10.1 Å². The fourth-order valence-corrected chi connectivity index (χ4v) is 3.25. The summed E-state index contributed by atoms with van der Waals surface area (Å²) in [7, 11) is -3.63. The normalized spacial score (nSPS) is 27.0. The summed E-state index contributed by atoms with van der Waals surface area (Å²) < 4.78 is 33.2. The highest BCUT2D eigenvalue weighted by atomic mass is 32.2. The standard InChI is InChI=1S/C15H16O5S/c1-10-3-4-11(9-13(10)20-21(2,17)18)14(16)15-7-5-12(19-15)6-8-15/h3-5,7,9,12H,6,8H2,1-2H3. The molecule has 5 nitrogen and oxygen atoms in total. The molecule has 2 heterocycles. The van der Waals surface area contributed by atoms with Crippen molar-refractivity contribution >= 4 is 15.9 Å².